The molecule has 0 N–H and O–H groups in total. The lowest BCUT2D eigenvalue weighted by Crippen LogP contribution is -2.25. The third-order valence-corrected chi connectivity index (χ3v) is 6.93. The minimum absolute atomic E-state index is 0.667. The fraction of sp³-hybridized carbons (Fsp3) is 0.296. The minimum Gasteiger partial charge on any atom is -0.371 e. The normalized spacial score (nSPS) is 16.6. The molecule has 0 aliphatic carbocycles. The molecule has 2 aromatic carbocycles. The second-order valence-electron chi connectivity index (χ2n) is 9.60. The summed E-state index contributed by atoms with van der Waals surface area (Å²) in [5, 5.41) is 13.7. The van der Waals surface area contributed by atoms with Crippen LogP contribution in [-0.4, -0.2) is 58.0 Å². The molecule has 0 saturated carbocycles. The number of fused-ring (bicyclic) bond motifs is 5. The third-order valence-electron chi connectivity index (χ3n) is 6.93. The van der Waals surface area contributed by atoms with Gasteiger partial charge in [-0.05, 0) is 74.0 Å². The highest BCUT2D eigenvalue weighted by molar-refractivity contribution is 5.72. The van der Waals surface area contributed by atoms with E-state index in [-0.39, 0.29) is 0 Å². The number of benzene rings is 2. The van der Waals surface area contributed by atoms with Crippen LogP contribution in [0.15, 0.2) is 61.1 Å². The molecule has 0 radical (unpaired) electrons. The Bertz CT molecular complexity index is 1390. The number of nitrogens with zero attached hydrogens (tertiary/aromatic N) is 7. The molecule has 34 heavy (non-hydrogen) atoms. The topological polar surface area (TPSA) is 65.9 Å². The molecule has 7 nitrogen and oxygen atoms in total. The van der Waals surface area contributed by atoms with Crippen molar-refractivity contribution in [3.8, 4) is 34.4 Å². The molecule has 1 atom stereocenters. The Balaban J connectivity index is 1.36. The predicted octanol–water partition coefficient (Wildman–Crippen LogP) is 4.02. The van der Waals surface area contributed by atoms with Crippen LogP contribution < -0.4 is 4.90 Å². The average Bonchev–Trinajstić information content (AvgIpc) is 3.57. The van der Waals surface area contributed by atoms with Gasteiger partial charge in [-0.15, -0.1) is 0 Å². The van der Waals surface area contributed by atoms with Gasteiger partial charge in [0.25, 0.3) is 0 Å². The number of rotatable bonds is 4. The van der Waals surface area contributed by atoms with E-state index >= 15 is 0 Å². The van der Waals surface area contributed by atoms with Gasteiger partial charge in [-0.25, -0.2) is 9.67 Å². The summed E-state index contributed by atoms with van der Waals surface area (Å²) in [6.45, 7) is 4.09. The Morgan fingerprint density at radius 1 is 1.09 bits per heavy atom. The van der Waals surface area contributed by atoms with Gasteiger partial charge < -0.3 is 14.4 Å². The molecule has 2 aromatic heterocycles. The highest BCUT2D eigenvalue weighted by Crippen LogP contribution is 2.35. The molecule has 1 fully saturated rings. The molecule has 7 heteroatoms. The summed E-state index contributed by atoms with van der Waals surface area (Å²) in [6.07, 6.45) is 5.04. The zero-order valence-electron chi connectivity index (χ0n) is 19.5. The van der Waals surface area contributed by atoms with Crippen molar-refractivity contribution >= 4 is 5.69 Å². The first-order valence-corrected chi connectivity index (χ1v) is 11.7. The van der Waals surface area contributed by atoms with Crippen molar-refractivity contribution in [2.45, 2.75) is 13.0 Å². The van der Waals surface area contributed by atoms with Crippen molar-refractivity contribution in [3.63, 3.8) is 0 Å². The van der Waals surface area contributed by atoms with Crippen LogP contribution >= 0.6 is 0 Å². The Morgan fingerprint density at radius 2 is 1.94 bits per heavy atom. The van der Waals surface area contributed by atoms with Crippen LogP contribution in [0.1, 0.15) is 17.5 Å². The third kappa shape index (κ3) is 3.57. The lowest BCUT2D eigenvalue weighted by atomic mass is 10.1. The van der Waals surface area contributed by atoms with Gasteiger partial charge in [0.2, 0.25) is 0 Å². The van der Waals surface area contributed by atoms with Crippen molar-refractivity contribution in [2.75, 3.05) is 38.6 Å². The molecule has 0 spiro atoms. The minimum atomic E-state index is 0.667. The van der Waals surface area contributed by atoms with Crippen molar-refractivity contribution < 1.29 is 0 Å². The SMILES string of the molecule is CN(C)C[C@H]1CCN(c2ccc3c(c2)Cn2cc(-c4ccc(C#N)cc4)cc2-c2ncnn2-3)C1. The maximum atomic E-state index is 9.12. The molecular formula is C27H27N7. The van der Waals surface area contributed by atoms with Crippen LogP contribution in [-0.2, 0) is 6.54 Å². The summed E-state index contributed by atoms with van der Waals surface area (Å²) >= 11 is 0. The first-order valence-electron chi connectivity index (χ1n) is 11.7. The van der Waals surface area contributed by atoms with Crippen molar-refractivity contribution in [3.05, 3.63) is 72.2 Å². The van der Waals surface area contributed by atoms with Crippen LogP contribution in [0.3, 0.4) is 0 Å². The van der Waals surface area contributed by atoms with E-state index in [9.17, 15) is 0 Å². The maximum absolute atomic E-state index is 9.12. The van der Waals surface area contributed by atoms with Gasteiger partial charge in [-0.1, -0.05) is 12.1 Å². The standard InChI is InChI=1S/C27H27N7/c1-31(2)14-20-9-10-32(15-20)24-7-8-25-23(11-24)17-33-16-22(21-5-3-19(13-28)4-6-21)12-26(33)27-29-18-30-34(25)27/h3-8,11-12,16,18,20H,9-10,14-15,17H2,1-2H3/t20-/m1/s1. The molecule has 2 aliphatic rings. The first kappa shape index (κ1) is 20.7. The molecule has 1 saturated heterocycles. The fourth-order valence-electron chi connectivity index (χ4n) is 5.33. The fourth-order valence-corrected chi connectivity index (χ4v) is 5.33. The first-order chi connectivity index (χ1) is 16.6. The van der Waals surface area contributed by atoms with Crippen molar-refractivity contribution in [1.29, 1.82) is 5.26 Å². The summed E-state index contributed by atoms with van der Waals surface area (Å²) in [4.78, 5) is 9.40. The van der Waals surface area contributed by atoms with Gasteiger partial charge in [0.05, 0.1) is 23.0 Å². The number of hydrogen-bond donors (Lipinski definition) is 0. The number of anilines is 1. The summed E-state index contributed by atoms with van der Waals surface area (Å²) in [5.41, 5.74) is 7.51. The van der Waals surface area contributed by atoms with E-state index in [4.69, 9.17) is 5.26 Å². The van der Waals surface area contributed by atoms with E-state index in [0.717, 1.165) is 54.5 Å². The van der Waals surface area contributed by atoms with Crippen LogP contribution in [0.2, 0.25) is 0 Å². The van der Waals surface area contributed by atoms with Gasteiger partial charge >= 0.3 is 0 Å². The molecule has 0 amide bonds. The summed E-state index contributed by atoms with van der Waals surface area (Å²) in [6, 6.07) is 18.8. The van der Waals surface area contributed by atoms with Gasteiger partial charge in [0.15, 0.2) is 5.82 Å². The molecule has 2 aliphatic heterocycles. The van der Waals surface area contributed by atoms with E-state index in [1.165, 1.54) is 17.7 Å². The van der Waals surface area contributed by atoms with Crippen molar-refractivity contribution in [2.24, 2.45) is 5.92 Å². The zero-order valence-corrected chi connectivity index (χ0v) is 19.5. The van der Waals surface area contributed by atoms with E-state index in [1.807, 2.05) is 28.9 Å². The van der Waals surface area contributed by atoms with Gasteiger partial charge in [0.1, 0.15) is 6.33 Å². The number of hydrogen-bond acceptors (Lipinski definition) is 5. The maximum Gasteiger partial charge on any atom is 0.179 e. The lowest BCUT2D eigenvalue weighted by molar-refractivity contribution is 0.340. The quantitative estimate of drug-likeness (QED) is 0.415. The average molecular weight is 450 g/mol. The highest BCUT2D eigenvalue weighted by Gasteiger charge is 2.26. The van der Waals surface area contributed by atoms with Gasteiger partial charge in [-0.2, -0.15) is 10.4 Å². The monoisotopic (exact) mass is 449 g/mol. The Labute approximate surface area is 199 Å². The largest absolute Gasteiger partial charge is 0.371 e. The lowest BCUT2D eigenvalue weighted by Gasteiger charge is -2.21. The number of aromatic nitrogens is 4. The van der Waals surface area contributed by atoms with Gasteiger partial charge in [0, 0.05) is 43.6 Å². The van der Waals surface area contributed by atoms with Crippen LogP contribution in [0.25, 0.3) is 28.3 Å². The number of nitriles is 1. The van der Waals surface area contributed by atoms with Gasteiger partial charge in [-0.3, -0.25) is 0 Å². The Hall–Kier alpha value is -3.89. The molecule has 6 rings (SSSR count). The van der Waals surface area contributed by atoms with E-state index in [0.29, 0.717) is 11.5 Å². The van der Waals surface area contributed by atoms with E-state index in [2.05, 4.69) is 75.1 Å². The summed E-state index contributed by atoms with van der Waals surface area (Å²) in [5.74, 6) is 1.56. The summed E-state index contributed by atoms with van der Waals surface area (Å²) < 4.78 is 4.22. The molecule has 170 valence electrons. The van der Waals surface area contributed by atoms with E-state index < -0.39 is 0 Å². The smallest absolute Gasteiger partial charge is 0.179 e. The van der Waals surface area contributed by atoms with Crippen LogP contribution in [0, 0.1) is 17.2 Å². The predicted molar refractivity (Wildman–Crippen MR) is 133 cm³/mol. The van der Waals surface area contributed by atoms with Crippen LogP contribution in [0.4, 0.5) is 5.69 Å². The molecule has 4 heterocycles. The Kier molecular flexibility index (Phi) is 4.96. The highest BCUT2D eigenvalue weighted by atomic mass is 15.4. The van der Waals surface area contributed by atoms with Crippen LogP contribution in [0.5, 0.6) is 0 Å². The summed E-state index contributed by atoms with van der Waals surface area (Å²) in [7, 11) is 4.31. The zero-order chi connectivity index (χ0) is 23.2. The van der Waals surface area contributed by atoms with E-state index in [1.54, 1.807) is 6.33 Å². The van der Waals surface area contributed by atoms with Crippen molar-refractivity contribution in [1.82, 2.24) is 24.2 Å². The molecular weight excluding hydrogens is 422 g/mol. The molecule has 0 unspecified atom stereocenters. The molecule has 4 aromatic rings. The molecule has 0 bridgehead atoms. The second kappa shape index (κ2) is 8.15. The second-order valence-corrected chi connectivity index (χ2v) is 9.60. The Morgan fingerprint density at radius 3 is 2.74 bits per heavy atom.